The SMILES string of the molecule is Cc1cc(Br)cc2c1C1(C=Nc3ccccc31)CCC2. The van der Waals surface area contributed by atoms with Crippen LogP contribution in [0.2, 0.25) is 0 Å². The lowest BCUT2D eigenvalue weighted by atomic mass is 9.66. The van der Waals surface area contributed by atoms with Gasteiger partial charge in [-0.3, -0.25) is 4.99 Å². The topological polar surface area (TPSA) is 12.4 Å². The maximum absolute atomic E-state index is 4.70. The molecule has 1 heterocycles. The Morgan fingerprint density at radius 2 is 2.05 bits per heavy atom. The standard InChI is InChI=1S/C18H16BrN/c1-12-9-14(19)10-13-5-4-8-18(17(12)13)11-20-16-7-3-2-6-15(16)18/h2-3,6-7,9-11H,4-5,8H2,1H3. The van der Waals surface area contributed by atoms with Crippen molar-refractivity contribution in [2.75, 3.05) is 0 Å². The molecule has 2 aliphatic rings. The van der Waals surface area contributed by atoms with Gasteiger partial charge in [-0.25, -0.2) is 0 Å². The quantitative estimate of drug-likeness (QED) is 0.639. The molecule has 1 aliphatic heterocycles. The summed E-state index contributed by atoms with van der Waals surface area (Å²) >= 11 is 3.64. The Labute approximate surface area is 127 Å². The molecule has 0 N–H and O–H groups in total. The monoisotopic (exact) mass is 325 g/mol. The maximum Gasteiger partial charge on any atom is 0.0671 e. The number of rotatable bonds is 0. The third kappa shape index (κ3) is 1.58. The Hall–Kier alpha value is -1.41. The fraction of sp³-hybridized carbons (Fsp3) is 0.278. The number of benzene rings is 2. The van der Waals surface area contributed by atoms with Crippen LogP contribution in [-0.2, 0) is 11.8 Å². The van der Waals surface area contributed by atoms with Gasteiger partial charge in [0.2, 0.25) is 0 Å². The average molecular weight is 326 g/mol. The smallest absolute Gasteiger partial charge is 0.0671 e. The van der Waals surface area contributed by atoms with Crippen LogP contribution in [0.1, 0.15) is 35.1 Å². The first-order valence-corrected chi connectivity index (χ1v) is 7.94. The second kappa shape index (κ2) is 4.29. The van der Waals surface area contributed by atoms with Crippen molar-refractivity contribution in [1.29, 1.82) is 0 Å². The molecule has 1 nitrogen and oxygen atoms in total. The predicted octanol–water partition coefficient (Wildman–Crippen LogP) is 5.10. The molecule has 2 aromatic rings. The first-order chi connectivity index (χ1) is 9.71. The van der Waals surface area contributed by atoms with Crippen LogP contribution >= 0.6 is 15.9 Å². The number of hydrogen-bond donors (Lipinski definition) is 0. The molecular formula is C18H16BrN. The third-order valence-corrected chi connectivity index (χ3v) is 5.11. The van der Waals surface area contributed by atoms with Crippen molar-refractivity contribution in [2.45, 2.75) is 31.6 Å². The van der Waals surface area contributed by atoms with Crippen molar-refractivity contribution in [3.05, 3.63) is 63.1 Å². The summed E-state index contributed by atoms with van der Waals surface area (Å²) in [6.07, 6.45) is 5.76. The van der Waals surface area contributed by atoms with E-state index < -0.39 is 0 Å². The highest BCUT2D eigenvalue weighted by molar-refractivity contribution is 9.10. The fourth-order valence-electron chi connectivity index (χ4n) is 3.94. The fourth-order valence-corrected chi connectivity index (χ4v) is 4.56. The van der Waals surface area contributed by atoms with E-state index in [2.05, 4.69) is 65.5 Å². The molecule has 1 spiro atoms. The van der Waals surface area contributed by atoms with Crippen LogP contribution in [0.5, 0.6) is 0 Å². The summed E-state index contributed by atoms with van der Waals surface area (Å²) in [6, 6.07) is 13.1. The van der Waals surface area contributed by atoms with E-state index in [0.29, 0.717) is 0 Å². The molecule has 1 aliphatic carbocycles. The molecular weight excluding hydrogens is 310 g/mol. The van der Waals surface area contributed by atoms with Gasteiger partial charge in [0.1, 0.15) is 0 Å². The number of para-hydroxylation sites is 1. The van der Waals surface area contributed by atoms with Gasteiger partial charge in [-0.2, -0.15) is 0 Å². The number of aliphatic imine (C=N–C) groups is 1. The normalized spacial score (nSPS) is 22.9. The second-order valence-electron chi connectivity index (χ2n) is 5.86. The lowest BCUT2D eigenvalue weighted by Gasteiger charge is -2.36. The van der Waals surface area contributed by atoms with Crippen LogP contribution in [0.15, 0.2) is 45.9 Å². The van der Waals surface area contributed by atoms with Crippen molar-refractivity contribution in [2.24, 2.45) is 4.99 Å². The minimum absolute atomic E-state index is 0.00889. The molecule has 4 rings (SSSR count). The van der Waals surface area contributed by atoms with Crippen LogP contribution in [0.25, 0.3) is 0 Å². The molecule has 2 aromatic carbocycles. The summed E-state index contributed by atoms with van der Waals surface area (Å²) in [5, 5.41) is 0. The van der Waals surface area contributed by atoms with E-state index in [9.17, 15) is 0 Å². The van der Waals surface area contributed by atoms with Gasteiger partial charge in [0.05, 0.1) is 11.1 Å². The zero-order chi connectivity index (χ0) is 13.7. The zero-order valence-electron chi connectivity index (χ0n) is 11.5. The number of fused-ring (bicyclic) bond motifs is 4. The minimum Gasteiger partial charge on any atom is -0.260 e. The lowest BCUT2D eigenvalue weighted by molar-refractivity contribution is 0.553. The third-order valence-electron chi connectivity index (χ3n) is 4.65. The Balaban J connectivity index is 2.03. The molecule has 1 unspecified atom stereocenters. The molecule has 0 bridgehead atoms. The van der Waals surface area contributed by atoms with Gasteiger partial charge in [0.25, 0.3) is 0 Å². The molecule has 20 heavy (non-hydrogen) atoms. The van der Waals surface area contributed by atoms with E-state index in [1.54, 1.807) is 0 Å². The van der Waals surface area contributed by atoms with E-state index in [-0.39, 0.29) is 5.41 Å². The summed E-state index contributed by atoms with van der Waals surface area (Å²) < 4.78 is 1.19. The van der Waals surface area contributed by atoms with Crippen LogP contribution < -0.4 is 0 Å². The number of halogens is 1. The summed E-state index contributed by atoms with van der Waals surface area (Å²) in [7, 11) is 0. The van der Waals surface area contributed by atoms with Crippen LogP contribution in [0.3, 0.4) is 0 Å². The van der Waals surface area contributed by atoms with Gasteiger partial charge in [0, 0.05) is 10.7 Å². The van der Waals surface area contributed by atoms with E-state index >= 15 is 0 Å². The summed E-state index contributed by atoms with van der Waals surface area (Å²) in [4.78, 5) is 4.70. The lowest BCUT2D eigenvalue weighted by Crippen LogP contribution is -2.33. The highest BCUT2D eigenvalue weighted by atomic mass is 79.9. The minimum atomic E-state index is 0.00889. The second-order valence-corrected chi connectivity index (χ2v) is 6.77. The first kappa shape index (κ1) is 12.3. The number of aryl methyl sites for hydroxylation is 2. The predicted molar refractivity (Wildman–Crippen MR) is 87.2 cm³/mol. The Morgan fingerprint density at radius 1 is 1.20 bits per heavy atom. The van der Waals surface area contributed by atoms with Gasteiger partial charge in [-0.05, 0) is 66.6 Å². The van der Waals surface area contributed by atoms with E-state index in [0.717, 1.165) is 5.69 Å². The van der Waals surface area contributed by atoms with Crippen molar-refractivity contribution >= 4 is 27.8 Å². The molecule has 1 atom stereocenters. The van der Waals surface area contributed by atoms with Gasteiger partial charge >= 0.3 is 0 Å². The Bertz CT molecular complexity index is 732. The zero-order valence-corrected chi connectivity index (χ0v) is 13.1. The van der Waals surface area contributed by atoms with Gasteiger partial charge in [0.15, 0.2) is 0 Å². The van der Waals surface area contributed by atoms with Gasteiger partial charge < -0.3 is 0 Å². The average Bonchev–Trinajstić information content (AvgIpc) is 2.78. The molecule has 100 valence electrons. The van der Waals surface area contributed by atoms with Crippen LogP contribution in [0, 0.1) is 6.92 Å². The Kier molecular flexibility index (Phi) is 2.65. The summed E-state index contributed by atoms with van der Waals surface area (Å²) in [5.41, 5.74) is 6.87. The number of nitrogens with zero attached hydrogens (tertiary/aromatic N) is 1. The van der Waals surface area contributed by atoms with Crippen LogP contribution in [-0.4, -0.2) is 6.21 Å². The molecule has 0 amide bonds. The number of hydrogen-bond acceptors (Lipinski definition) is 1. The van der Waals surface area contributed by atoms with Crippen molar-refractivity contribution in [3.8, 4) is 0 Å². The van der Waals surface area contributed by atoms with E-state index in [4.69, 9.17) is 4.99 Å². The molecule has 0 fully saturated rings. The molecule has 0 radical (unpaired) electrons. The summed E-state index contributed by atoms with van der Waals surface area (Å²) in [5.74, 6) is 0. The molecule has 0 saturated heterocycles. The van der Waals surface area contributed by atoms with E-state index in [1.807, 2.05) is 0 Å². The largest absolute Gasteiger partial charge is 0.260 e. The maximum atomic E-state index is 4.70. The Morgan fingerprint density at radius 3 is 2.95 bits per heavy atom. The molecule has 2 heteroatoms. The van der Waals surface area contributed by atoms with Crippen molar-refractivity contribution in [1.82, 2.24) is 0 Å². The van der Waals surface area contributed by atoms with Crippen molar-refractivity contribution < 1.29 is 0 Å². The molecule has 0 saturated carbocycles. The highest BCUT2D eigenvalue weighted by Crippen LogP contribution is 2.49. The highest BCUT2D eigenvalue weighted by Gasteiger charge is 2.42. The first-order valence-electron chi connectivity index (χ1n) is 7.15. The van der Waals surface area contributed by atoms with Gasteiger partial charge in [-0.1, -0.05) is 34.1 Å². The van der Waals surface area contributed by atoms with Gasteiger partial charge in [-0.15, -0.1) is 0 Å². The van der Waals surface area contributed by atoms with E-state index in [1.165, 1.54) is 46.0 Å². The summed E-state index contributed by atoms with van der Waals surface area (Å²) in [6.45, 7) is 2.23. The van der Waals surface area contributed by atoms with Crippen LogP contribution in [0.4, 0.5) is 5.69 Å². The molecule has 0 aromatic heterocycles. The van der Waals surface area contributed by atoms with Crippen molar-refractivity contribution in [3.63, 3.8) is 0 Å².